The number of benzene rings is 1. The minimum absolute atomic E-state index is 0.789. The zero-order valence-corrected chi connectivity index (χ0v) is 9.86. The summed E-state index contributed by atoms with van der Waals surface area (Å²) in [6.45, 7) is 5.12. The monoisotopic (exact) mass is 209 g/mol. The number of nitrogens with two attached hydrogens (primary N) is 1. The van der Waals surface area contributed by atoms with E-state index in [9.17, 15) is 0 Å². The van der Waals surface area contributed by atoms with E-state index in [0.29, 0.717) is 0 Å². The van der Waals surface area contributed by atoms with E-state index in [4.69, 9.17) is 5.73 Å². The van der Waals surface area contributed by atoms with Gasteiger partial charge in [0, 0.05) is 12.3 Å². The molecule has 0 aliphatic carbocycles. The van der Waals surface area contributed by atoms with Crippen LogP contribution in [0.1, 0.15) is 16.7 Å². The molecule has 0 aromatic heterocycles. The first-order chi connectivity index (χ1) is 6.74. The molecule has 0 aliphatic rings. The summed E-state index contributed by atoms with van der Waals surface area (Å²) >= 11 is 1.94. The molecule has 2 heteroatoms. The number of thioether (sulfide) groups is 1. The first kappa shape index (κ1) is 11.6. The second-order valence-corrected chi connectivity index (χ2v) is 4.81. The third-order valence-electron chi connectivity index (χ3n) is 2.28. The summed E-state index contributed by atoms with van der Waals surface area (Å²) in [5.41, 5.74) is 9.67. The van der Waals surface area contributed by atoms with Crippen molar-refractivity contribution >= 4 is 11.8 Å². The van der Waals surface area contributed by atoms with E-state index in [0.717, 1.165) is 18.7 Å². The molecule has 1 aromatic carbocycles. The van der Waals surface area contributed by atoms with E-state index in [1.165, 1.54) is 22.4 Å². The van der Waals surface area contributed by atoms with Crippen LogP contribution >= 0.6 is 11.8 Å². The highest BCUT2D eigenvalue weighted by Gasteiger charge is 1.98. The van der Waals surface area contributed by atoms with Crippen molar-refractivity contribution in [3.05, 3.63) is 34.9 Å². The van der Waals surface area contributed by atoms with E-state index in [-0.39, 0.29) is 0 Å². The number of rotatable bonds is 5. The highest BCUT2D eigenvalue weighted by molar-refractivity contribution is 7.99. The highest BCUT2D eigenvalue weighted by Crippen LogP contribution is 2.13. The Kier molecular flexibility index (Phi) is 5.05. The molecule has 1 aromatic rings. The molecule has 78 valence electrons. The smallest absolute Gasteiger partial charge is 0.00559 e. The van der Waals surface area contributed by atoms with Crippen LogP contribution in [0.2, 0.25) is 0 Å². The zero-order chi connectivity index (χ0) is 10.4. The summed E-state index contributed by atoms with van der Waals surface area (Å²) in [4.78, 5) is 0. The van der Waals surface area contributed by atoms with Crippen LogP contribution in [-0.2, 0) is 6.42 Å². The second-order valence-electron chi connectivity index (χ2n) is 3.58. The summed E-state index contributed by atoms with van der Waals surface area (Å²) in [7, 11) is 0. The van der Waals surface area contributed by atoms with Crippen molar-refractivity contribution in [2.45, 2.75) is 20.3 Å². The minimum atomic E-state index is 0.789. The Morgan fingerprint density at radius 1 is 1.21 bits per heavy atom. The van der Waals surface area contributed by atoms with Gasteiger partial charge in [-0.25, -0.2) is 0 Å². The Labute approximate surface area is 91.1 Å². The fourth-order valence-corrected chi connectivity index (χ4v) is 2.23. The Hall–Kier alpha value is -0.470. The lowest BCUT2D eigenvalue weighted by Gasteiger charge is -2.06. The molecule has 0 saturated heterocycles. The lowest BCUT2D eigenvalue weighted by molar-refractivity contribution is 1.10. The van der Waals surface area contributed by atoms with Gasteiger partial charge in [-0.05, 0) is 37.1 Å². The van der Waals surface area contributed by atoms with Gasteiger partial charge >= 0.3 is 0 Å². The standard InChI is InChI=1S/C12H19NS/c1-10-3-4-12(11(2)9-10)5-7-14-8-6-13/h3-4,9H,5-8,13H2,1-2H3. The van der Waals surface area contributed by atoms with Crippen molar-refractivity contribution in [3.63, 3.8) is 0 Å². The fraction of sp³-hybridized carbons (Fsp3) is 0.500. The third kappa shape index (κ3) is 3.72. The Morgan fingerprint density at radius 3 is 2.64 bits per heavy atom. The van der Waals surface area contributed by atoms with Crippen molar-refractivity contribution in [3.8, 4) is 0 Å². The van der Waals surface area contributed by atoms with E-state index in [2.05, 4.69) is 32.0 Å². The van der Waals surface area contributed by atoms with Crippen molar-refractivity contribution in [1.82, 2.24) is 0 Å². The minimum Gasteiger partial charge on any atom is -0.330 e. The van der Waals surface area contributed by atoms with Gasteiger partial charge in [0.15, 0.2) is 0 Å². The van der Waals surface area contributed by atoms with Gasteiger partial charge in [0.25, 0.3) is 0 Å². The van der Waals surface area contributed by atoms with Crippen LogP contribution in [0, 0.1) is 13.8 Å². The van der Waals surface area contributed by atoms with Crippen LogP contribution in [0.4, 0.5) is 0 Å². The van der Waals surface area contributed by atoms with Gasteiger partial charge in [0.2, 0.25) is 0 Å². The van der Waals surface area contributed by atoms with Gasteiger partial charge < -0.3 is 5.73 Å². The molecule has 0 unspecified atom stereocenters. The molecule has 2 N–H and O–H groups in total. The summed E-state index contributed by atoms with van der Waals surface area (Å²) in [5.74, 6) is 2.26. The second kappa shape index (κ2) is 6.10. The van der Waals surface area contributed by atoms with Gasteiger partial charge in [-0.1, -0.05) is 23.8 Å². The average Bonchev–Trinajstić information content (AvgIpc) is 2.15. The highest BCUT2D eigenvalue weighted by atomic mass is 32.2. The van der Waals surface area contributed by atoms with E-state index in [1.807, 2.05) is 11.8 Å². The van der Waals surface area contributed by atoms with Crippen LogP contribution in [0.5, 0.6) is 0 Å². The lowest BCUT2D eigenvalue weighted by Crippen LogP contribution is -2.02. The molecule has 0 spiro atoms. The molecule has 0 heterocycles. The lowest BCUT2D eigenvalue weighted by atomic mass is 10.0. The maximum atomic E-state index is 5.44. The first-order valence-electron chi connectivity index (χ1n) is 5.08. The van der Waals surface area contributed by atoms with E-state index in [1.54, 1.807) is 0 Å². The fourth-order valence-electron chi connectivity index (χ4n) is 1.49. The maximum absolute atomic E-state index is 5.44. The van der Waals surface area contributed by atoms with Gasteiger partial charge in [-0.15, -0.1) is 0 Å². The summed E-state index contributed by atoms with van der Waals surface area (Å²) in [6, 6.07) is 6.69. The molecule has 1 nitrogen and oxygen atoms in total. The summed E-state index contributed by atoms with van der Waals surface area (Å²) in [6.07, 6.45) is 1.16. The van der Waals surface area contributed by atoms with Crippen molar-refractivity contribution in [2.24, 2.45) is 5.73 Å². The number of hydrogen-bond donors (Lipinski definition) is 1. The molecule has 14 heavy (non-hydrogen) atoms. The Balaban J connectivity index is 2.42. The summed E-state index contributed by atoms with van der Waals surface area (Å²) < 4.78 is 0. The van der Waals surface area contributed by atoms with Crippen molar-refractivity contribution < 1.29 is 0 Å². The molecule has 0 amide bonds. The molecule has 0 bridgehead atoms. The molecular weight excluding hydrogens is 190 g/mol. The molecule has 1 rings (SSSR count). The summed E-state index contributed by atoms with van der Waals surface area (Å²) in [5, 5.41) is 0. The SMILES string of the molecule is Cc1ccc(CCSCCN)c(C)c1. The molecule has 0 saturated carbocycles. The van der Waals surface area contributed by atoms with Gasteiger partial charge in [0.05, 0.1) is 0 Å². The molecule has 0 atom stereocenters. The first-order valence-corrected chi connectivity index (χ1v) is 6.23. The molecule has 0 aliphatic heterocycles. The van der Waals surface area contributed by atoms with Crippen LogP contribution in [-0.4, -0.2) is 18.1 Å². The zero-order valence-electron chi connectivity index (χ0n) is 9.05. The van der Waals surface area contributed by atoms with Gasteiger partial charge in [-0.2, -0.15) is 11.8 Å². The predicted octanol–water partition coefficient (Wildman–Crippen LogP) is 2.54. The third-order valence-corrected chi connectivity index (χ3v) is 3.29. The van der Waals surface area contributed by atoms with Gasteiger partial charge in [-0.3, -0.25) is 0 Å². The topological polar surface area (TPSA) is 26.0 Å². The van der Waals surface area contributed by atoms with E-state index < -0.39 is 0 Å². The van der Waals surface area contributed by atoms with Crippen molar-refractivity contribution in [2.75, 3.05) is 18.1 Å². The average molecular weight is 209 g/mol. The van der Waals surface area contributed by atoms with Gasteiger partial charge in [0.1, 0.15) is 0 Å². The Morgan fingerprint density at radius 2 is 2.00 bits per heavy atom. The number of aryl methyl sites for hydroxylation is 3. The van der Waals surface area contributed by atoms with Crippen LogP contribution < -0.4 is 5.73 Å². The maximum Gasteiger partial charge on any atom is 0.00559 e. The molecular formula is C12H19NS. The number of hydrogen-bond acceptors (Lipinski definition) is 2. The van der Waals surface area contributed by atoms with Crippen LogP contribution in [0.15, 0.2) is 18.2 Å². The normalized spacial score (nSPS) is 10.5. The molecule has 0 fully saturated rings. The van der Waals surface area contributed by atoms with Crippen LogP contribution in [0.25, 0.3) is 0 Å². The largest absolute Gasteiger partial charge is 0.330 e. The van der Waals surface area contributed by atoms with Crippen LogP contribution in [0.3, 0.4) is 0 Å². The predicted molar refractivity (Wildman–Crippen MR) is 66.0 cm³/mol. The van der Waals surface area contributed by atoms with E-state index >= 15 is 0 Å². The quantitative estimate of drug-likeness (QED) is 0.754. The molecule has 0 radical (unpaired) electrons. The Bertz CT molecular complexity index is 284. The van der Waals surface area contributed by atoms with Crippen molar-refractivity contribution in [1.29, 1.82) is 0 Å².